The lowest BCUT2D eigenvalue weighted by Crippen LogP contribution is -2.35. The molecule has 4 rings (SSSR count). The number of aryl methyl sites for hydroxylation is 2. The van der Waals surface area contributed by atoms with Gasteiger partial charge in [0.05, 0.1) is 22.4 Å². The molecule has 2 aromatic carbocycles. The summed E-state index contributed by atoms with van der Waals surface area (Å²) in [5.41, 5.74) is 6.70. The zero-order chi connectivity index (χ0) is 16.7. The second-order valence-corrected chi connectivity index (χ2v) is 6.34. The van der Waals surface area contributed by atoms with E-state index in [1.165, 1.54) is 11.1 Å². The molecule has 1 aliphatic rings. The van der Waals surface area contributed by atoms with Gasteiger partial charge >= 0.3 is 0 Å². The topological polar surface area (TPSA) is 46.1 Å². The van der Waals surface area contributed by atoms with Crippen molar-refractivity contribution in [1.82, 2.24) is 14.9 Å². The molecule has 1 amide bonds. The smallest absolute Gasteiger partial charge is 0.254 e. The monoisotopic (exact) mass is 317 g/mol. The Labute approximate surface area is 141 Å². The highest BCUT2D eigenvalue weighted by molar-refractivity contribution is 5.97. The number of hydrogen-bond acceptors (Lipinski definition) is 3. The van der Waals surface area contributed by atoms with Crippen molar-refractivity contribution < 1.29 is 4.79 Å². The molecule has 4 nitrogen and oxygen atoms in total. The summed E-state index contributed by atoms with van der Waals surface area (Å²) >= 11 is 0. The molecule has 4 heteroatoms. The first-order valence-electron chi connectivity index (χ1n) is 8.23. The van der Waals surface area contributed by atoms with Gasteiger partial charge in [0.1, 0.15) is 0 Å². The Morgan fingerprint density at radius 2 is 1.67 bits per heavy atom. The van der Waals surface area contributed by atoms with E-state index in [0.29, 0.717) is 12.1 Å². The zero-order valence-corrected chi connectivity index (χ0v) is 13.9. The average Bonchev–Trinajstić information content (AvgIpc) is 2.61. The highest BCUT2D eigenvalue weighted by Gasteiger charge is 2.21. The van der Waals surface area contributed by atoms with Crippen LogP contribution in [0.4, 0.5) is 0 Å². The summed E-state index contributed by atoms with van der Waals surface area (Å²) in [6, 6.07) is 13.9. The van der Waals surface area contributed by atoms with E-state index in [1.54, 1.807) is 0 Å². The maximum absolute atomic E-state index is 12.9. The highest BCUT2D eigenvalue weighted by Crippen LogP contribution is 2.21. The Bertz CT molecular complexity index is 949. The van der Waals surface area contributed by atoms with Crippen LogP contribution in [0.5, 0.6) is 0 Å². The fraction of sp³-hybridized carbons (Fsp3) is 0.250. The summed E-state index contributed by atoms with van der Waals surface area (Å²) < 4.78 is 0. The first kappa shape index (κ1) is 14.8. The number of fused-ring (bicyclic) bond motifs is 2. The Hall–Kier alpha value is -2.75. The molecule has 0 radical (unpaired) electrons. The highest BCUT2D eigenvalue weighted by atomic mass is 16.2. The maximum atomic E-state index is 12.9. The van der Waals surface area contributed by atoms with Crippen molar-refractivity contribution in [3.8, 4) is 0 Å². The number of hydrogen-bond donors (Lipinski definition) is 0. The van der Waals surface area contributed by atoms with Gasteiger partial charge in [0.15, 0.2) is 0 Å². The lowest BCUT2D eigenvalue weighted by molar-refractivity contribution is 0.0735. The van der Waals surface area contributed by atoms with E-state index in [-0.39, 0.29) is 5.91 Å². The van der Waals surface area contributed by atoms with Gasteiger partial charge in [-0.15, -0.1) is 0 Å². The van der Waals surface area contributed by atoms with Crippen molar-refractivity contribution in [2.24, 2.45) is 0 Å². The van der Waals surface area contributed by atoms with Crippen molar-refractivity contribution in [2.75, 3.05) is 6.54 Å². The van der Waals surface area contributed by atoms with Crippen molar-refractivity contribution in [3.63, 3.8) is 0 Å². The molecule has 1 aromatic heterocycles. The van der Waals surface area contributed by atoms with Crippen LogP contribution in [0.2, 0.25) is 0 Å². The second kappa shape index (κ2) is 5.71. The van der Waals surface area contributed by atoms with E-state index < -0.39 is 0 Å². The third-order valence-corrected chi connectivity index (χ3v) is 4.74. The molecule has 24 heavy (non-hydrogen) atoms. The maximum Gasteiger partial charge on any atom is 0.254 e. The Kier molecular flexibility index (Phi) is 3.53. The number of amides is 1. The zero-order valence-electron chi connectivity index (χ0n) is 13.9. The average molecular weight is 317 g/mol. The number of benzene rings is 2. The predicted molar refractivity (Wildman–Crippen MR) is 93.9 cm³/mol. The molecule has 0 atom stereocenters. The van der Waals surface area contributed by atoms with Gasteiger partial charge in [-0.25, -0.2) is 9.97 Å². The van der Waals surface area contributed by atoms with Crippen molar-refractivity contribution in [1.29, 1.82) is 0 Å². The molecular weight excluding hydrogens is 298 g/mol. The van der Waals surface area contributed by atoms with E-state index in [4.69, 9.17) is 0 Å². The lowest BCUT2D eigenvalue weighted by atomic mass is 9.99. The number of aromatic nitrogens is 2. The number of rotatable bonds is 1. The summed E-state index contributed by atoms with van der Waals surface area (Å²) in [5, 5.41) is 0. The van der Waals surface area contributed by atoms with Crippen LogP contribution in [0.1, 0.15) is 32.9 Å². The first-order chi connectivity index (χ1) is 11.6. The minimum absolute atomic E-state index is 0.0615. The molecule has 1 aliphatic heterocycles. The number of carbonyl (C=O) groups is 1. The summed E-state index contributed by atoms with van der Waals surface area (Å²) in [6.07, 6.45) is 0.910. The fourth-order valence-electron chi connectivity index (χ4n) is 3.22. The Morgan fingerprint density at radius 3 is 2.46 bits per heavy atom. The van der Waals surface area contributed by atoms with Gasteiger partial charge < -0.3 is 4.90 Å². The molecule has 0 bridgehead atoms. The minimum atomic E-state index is 0.0615. The third kappa shape index (κ3) is 2.54. The molecule has 2 heterocycles. The van der Waals surface area contributed by atoms with Gasteiger partial charge in [0.25, 0.3) is 5.91 Å². The van der Waals surface area contributed by atoms with E-state index in [9.17, 15) is 4.79 Å². The van der Waals surface area contributed by atoms with Crippen LogP contribution < -0.4 is 0 Å². The summed E-state index contributed by atoms with van der Waals surface area (Å²) in [7, 11) is 0. The van der Waals surface area contributed by atoms with Gasteiger partial charge in [-0.1, -0.05) is 24.3 Å². The largest absolute Gasteiger partial charge is 0.334 e. The quantitative estimate of drug-likeness (QED) is 0.690. The summed E-state index contributed by atoms with van der Waals surface area (Å²) in [6.45, 7) is 5.32. The van der Waals surface area contributed by atoms with Crippen LogP contribution in [0.25, 0.3) is 11.0 Å². The van der Waals surface area contributed by atoms with Crippen LogP contribution >= 0.6 is 0 Å². The standard InChI is InChI=1S/C20H19N3O/c1-13-14(2)22-19-11-16(7-8-18(19)21-13)20(24)23-10-9-15-5-3-4-6-17(15)12-23/h3-8,11H,9-10,12H2,1-2H3. The second-order valence-electron chi connectivity index (χ2n) is 6.34. The Morgan fingerprint density at radius 1 is 0.958 bits per heavy atom. The minimum Gasteiger partial charge on any atom is -0.334 e. The van der Waals surface area contributed by atoms with E-state index in [1.807, 2.05) is 43.0 Å². The first-order valence-corrected chi connectivity index (χ1v) is 8.23. The van der Waals surface area contributed by atoms with Crippen molar-refractivity contribution in [3.05, 3.63) is 70.5 Å². The molecule has 0 spiro atoms. The van der Waals surface area contributed by atoms with Gasteiger partial charge in [-0.2, -0.15) is 0 Å². The molecule has 0 aliphatic carbocycles. The molecule has 0 saturated carbocycles. The van der Waals surface area contributed by atoms with Crippen LogP contribution in [-0.2, 0) is 13.0 Å². The third-order valence-electron chi connectivity index (χ3n) is 4.74. The summed E-state index contributed by atoms with van der Waals surface area (Å²) in [4.78, 5) is 23.9. The van der Waals surface area contributed by atoms with Crippen LogP contribution in [0.15, 0.2) is 42.5 Å². The SMILES string of the molecule is Cc1nc2ccc(C(=O)N3CCc4ccccc4C3)cc2nc1C. The number of carbonyl (C=O) groups excluding carboxylic acids is 1. The van der Waals surface area contributed by atoms with Gasteiger partial charge in [0, 0.05) is 18.7 Å². The van der Waals surface area contributed by atoms with Crippen molar-refractivity contribution >= 4 is 16.9 Å². The van der Waals surface area contributed by atoms with E-state index in [2.05, 4.69) is 28.2 Å². The molecule has 3 aromatic rings. The van der Waals surface area contributed by atoms with Gasteiger partial charge in [-0.05, 0) is 49.6 Å². The summed E-state index contributed by atoms with van der Waals surface area (Å²) in [5.74, 6) is 0.0615. The van der Waals surface area contributed by atoms with Crippen molar-refractivity contribution in [2.45, 2.75) is 26.8 Å². The van der Waals surface area contributed by atoms with Crippen LogP contribution in [-0.4, -0.2) is 27.3 Å². The lowest BCUT2D eigenvalue weighted by Gasteiger charge is -2.29. The molecule has 120 valence electrons. The molecule has 0 N–H and O–H groups in total. The predicted octanol–water partition coefficient (Wildman–Crippen LogP) is 3.45. The van der Waals surface area contributed by atoms with E-state index in [0.717, 1.165) is 35.4 Å². The fourth-order valence-corrected chi connectivity index (χ4v) is 3.22. The van der Waals surface area contributed by atoms with E-state index >= 15 is 0 Å². The molecule has 0 fully saturated rings. The molecule has 0 unspecified atom stereocenters. The normalized spacial score (nSPS) is 13.8. The molecule has 0 saturated heterocycles. The number of nitrogens with zero attached hydrogens (tertiary/aromatic N) is 3. The van der Waals surface area contributed by atoms with Gasteiger partial charge in [-0.3, -0.25) is 4.79 Å². The molecular formula is C20H19N3O. The van der Waals surface area contributed by atoms with Gasteiger partial charge in [0.2, 0.25) is 0 Å². The Balaban J connectivity index is 1.65. The van der Waals surface area contributed by atoms with Crippen LogP contribution in [0.3, 0.4) is 0 Å². The van der Waals surface area contributed by atoms with Crippen LogP contribution in [0, 0.1) is 13.8 Å².